The Morgan fingerprint density at radius 3 is 2.05 bits per heavy atom. The number of hydrogen-bond acceptors (Lipinski definition) is 6. The third kappa shape index (κ3) is 13.6. The van der Waals surface area contributed by atoms with E-state index in [9.17, 15) is 24.0 Å². The zero-order valence-corrected chi connectivity index (χ0v) is 24.0. The lowest BCUT2D eigenvalue weighted by molar-refractivity contribution is -0.148. The van der Waals surface area contributed by atoms with Crippen molar-refractivity contribution in [3.05, 3.63) is 29.8 Å². The molecule has 0 aliphatic carbocycles. The number of ether oxygens (including phenoxy) is 1. The lowest BCUT2D eigenvalue weighted by Crippen LogP contribution is -2.54. The quantitative estimate of drug-likeness (QED) is 0.157. The Labute approximate surface area is 231 Å². The molecule has 5 amide bonds. The molecule has 0 saturated carbocycles. The van der Waals surface area contributed by atoms with Crippen LogP contribution in [0.2, 0.25) is 0 Å². The standard InChI is InChI=1S/C28H45N5O6/c1-17(2)9-14-23(34)33-24(18(3)4)26(36)32-22(8-7-15-30-28(29)38)25(35)31-21-12-10-20(11-13-21)16-39-27(37)19(5)6/h10-13,17-19,22,24H,7-9,14-16H2,1-6H3,(H,31,35)(H,32,36)(H,33,34)(H3,29,30,38)/t22-,24-/m0/s1. The van der Waals surface area contributed by atoms with Crippen molar-refractivity contribution in [1.29, 1.82) is 0 Å². The molecule has 0 aromatic heterocycles. The van der Waals surface area contributed by atoms with Crippen LogP contribution < -0.4 is 27.0 Å². The number of anilines is 1. The summed E-state index contributed by atoms with van der Waals surface area (Å²) in [6.07, 6.45) is 1.63. The predicted octanol–water partition coefficient (Wildman–Crippen LogP) is 2.83. The lowest BCUT2D eigenvalue weighted by Gasteiger charge is -2.25. The first-order chi connectivity index (χ1) is 18.3. The van der Waals surface area contributed by atoms with Crippen LogP contribution in [-0.2, 0) is 30.5 Å². The Morgan fingerprint density at radius 2 is 1.51 bits per heavy atom. The third-order valence-electron chi connectivity index (χ3n) is 5.89. The van der Waals surface area contributed by atoms with Crippen LogP contribution in [0.3, 0.4) is 0 Å². The maximum Gasteiger partial charge on any atom is 0.312 e. The molecular weight excluding hydrogens is 502 g/mol. The minimum atomic E-state index is -0.923. The van der Waals surface area contributed by atoms with Gasteiger partial charge in [-0.1, -0.05) is 53.7 Å². The molecule has 2 atom stereocenters. The second-order valence-electron chi connectivity index (χ2n) is 10.7. The van der Waals surface area contributed by atoms with Crippen LogP contribution in [0, 0.1) is 17.8 Å². The monoisotopic (exact) mass is 547 g/mol. The van der Waals surface area contributed by atoms with Crippen molar-refractivity contribution < 1.29 is 28.7 Å². The van der Waals surface area contributed by atoms with E-state index in [0.29, 0.717) is 30.9 Å². The first kappa shape index (κ1) is 33.4. The number of primary amides is 1. The largest absolute Gasteiger partial charge is 0.461 e. The average molecular weight is 548 g/mol. The first-order valence-electron chi connectivity index (χ1n) is 13.5. The molecule has 0 aliphatic rings. The van der Waals surface area contributed by atoms with Gasteiger partial charge in [-0.2, -0.15) is 0 Å². The number of hydrogen-bond donors (Lipinski definition) is 5. The fourth-order valence-electron chi connectivity index (χ4n) is 3.48. The van der Waals surface area contributed by atoms with E-state index in [1.807, 2.05) is 27.7 Å². The zero-order chi connectivity index (χ0) is 29.5. The summed E-state index contributed by atoms with van der Waals surface area (Å²) < 4.78 is 5.22. The van der Waals surface area contributed by atoms with Crippen molar-refractivity contribution in [2.24, 2.45) is 23.5 Å². The molecule has 0 aliphatic heterocycles. The van der Waals surface area contributed by atoms with Gasteiger partial charge >= 0.3 is 12.0 Å². The van der Waals surface area contributed by atoms with E-state index in [1.54, 1.807) is 38.1 Å². The summed E-state index contributed by atoms with van der Waals surface area (Å²) in [5.74, 6) is -1.50. The summed E-state index contributed by atoms with van der Waals surface area (Å²) in [5.41, 5.74) is 6.37. The molecule has 218 valence electrons. The van der Waals surface area contributed by atoms with E-state index in [-0.39, 0.29) is 43.3 Å². The highest BCUT2D eigenvalue weighted by atomic mass is 16.5. The number of carbonyl (C=O) groups excluding carboxylic acids is 5. The zero-order valence-electron chi connectivity index (χ0n) is 24.0. The van der Waals surface area contributed by atoms with Gasteiger partial charge < -0.3 is 31.7 Å². The van der Waals surface area contributed by atoms with Crippen LogP contribution in [-0.4, -0.2) is 48.4 Å². The topological polar surface area (TPSA) is 169 Å². The van der Waals surface area contributed by atoms with Crippen LogP contribution in [0.1, 0.15) is 72.8 Å². The third-order valence-corrected chi connectivity index (χ3v) is 5.89. The summed E-state index contributed by atoms with van der Waals surface area (Å²) in [6.45, 7) is 11.5. The van der Waals surface area contributed by atoms with Crippen molar-refractivity contribution in [3.8, 4) is 0 Å². The first-order valence-corrected chi connectivity index (χ1v) is 13.5. The van der Waals surface area contributed by atoms with Gasteiger partial charge in [0.05, 0.1) is 5.92 Å². The van der Waals surface area contributed by atoms with Gasteiger partial charge in [-0.3, -0.25) is 19.2 Å². The molecule has 6 N–H and O–H groups in total. The van der Waals surface area contributed by atoms with Gasteiger partial charge in [0.1, 0.15) is 18.7 Å². The molecule has 1 rings (SSSR count). The second kappa shape index (κ2) is 17.1. The number of esters is 1. The van der Waals surface area contributed by atoms with Crippen LogP contribution in [0.5, 0.6) is 0 Å². The molecule has 11 heteroatoms. The van der Waals surface area contributed by atoms with Gasteiger partial charge in [0, 0.05) is 18.7 Å². The Morgan fingerprint density at radius 1 is 0.872 bits per heavy atom. The Bertz CT molecular complexity index is 962. The second-order valence-corrected chi connectivity index (χ2v) is 10.7. The fourth-order valence-corrected chi connectivity index (χ4v) is 3.48. The number of nitrogens with two attached hydrogens (primary N) is 1. The molecular formula is C28H45N5O6. The number of urea groups is 1. The van der Waals surface area contributed by atoms with E-state index in [2.05, 4.69) is 21.3 Å². The Hall–Kier alpha value is -3.63. The van der Waals surface area contributed by atoms with E-state index < -0.39 is 29.9 Å². The molecule has 0 fully saturated rings. The molecule has 0 spiro atoms. The summed E-state index contributed by atoms with van der Waals surface area (Å²) in [7, 11) is 0. The number of nitrogens with one attached hydrogen (secondary N) is 4. The number of rotatable bonds is 16. The normalized spacial score (nSPS) is 12.5. The van der Waals surface area contributed by atoms with Gasteiger partial charge in [-0.25, -0.2) is 4.79 Å². The highest BCUT2D eigenvalue weighted by Gasteiger charge is 2.28. The molecule has 0 saturated heterocycles. The SMILES string of the molecule is CC(C)CCC(=O)N[C@H](C(=O)N[C@@H](CCCNC(N)=O)C(=O)Nc1ccc(COC(=O)C(C)C)cc1)C(C)C. The summed E-state index contributed by atoms with van der Waals surface area (Å²) in [5, 5.41) is 10.8. The van der Waals surface area contributed by atoms with Gasteiger partial charge in [0.25, 0.3) is 0 Å². The number of carbonyl (C=O) groups is 5. The molecule has 11 nitrogen and oxygen atoms in total. The molecule has 0 radical (unpaired) electrons. The molecule has 0 unspecified atom stereocenters. The van der Waals surface area contributed by atoms with Crippen molar-refractivity contribution in [2.45, 2.75) is 85.9 Å². The van der Waals surface area contributed by atoms with Crippen LogP contribution in [0.4, 0.5) is 10.5 Å². The highest BCUT2D eigenvalue weighted by Crippen LogP contribution is 2.13. The summed E-state index contributed by atoms with van der Waals surface area (Å²) >= 11 is 0. The molecule has 39 heavy (non-hydrogen) atoms. The minimum absolute atomic E-state index is 0.121. The molecule has 1 aromatic carbocycles. The number of benzene rings is 1. The molecule has 0 bridgehead atoms. The average Bonchev–Trinajstić information content (AvgIpc) is 2.86. The fraction of sp³-hybridized carbons (Fsp3) is 0.607. The maximum atomic E-state index is 13.1. The minimum Gasteiger partial charge on any atom is -0.461 e. The van der Waals surface area contributed by atoms with E-state index in [4.69, 9.17) is 10.5 Å². The summed E-state index contributed by atoms with van der Waals surface area (Å²) in [6, 6.07) is 4.41. The Balaban J connectivity index is 2.89. The Kier molecular flexibility index (Phi) is 14.6. The molecule has 0 heterocycles. The van der Waals surface area contributed by atoms with Crippen molar-refractivity contribution in [1.82, 2.24) is 16.0 Å². The van der Waals surface area contributed by atoms with Crippen LogP contribution in [0.25, 0.3) is 0 Å². The van der Waals surface area contributed by atoms with E-state index in [0.717, 1.165) is 5.56 Å². The lowest BCUT2D eigenvalue weighted by atomic mass is 10.0. The van der Waals surface area contributed by atoms with E-state index >= 15 is 0 Å². The molecule has 1 aromatic rings. The highest BCUT2D eigenvalue weighted by molar-refractivity contribution is 5.98. The van der Waals surface area contributed by atoms with Crippen LogP contribution in [0.15, 0.2) is 24.3 Å². The maximum absolute atomic E-state index is 13.1. The van der Waals surface area contributed by atoms with Crippen molar-refractivity contribution in [2.75, 3.05) is 11.9 Å². The van der Waals surface area contributed by atoms with Crippen molar-refractivity contribution in [3.63, 3.8) is 0 Å². The predicted molar refractivity (Wildman–Crippen MR) is 149 cm³/mol. The van der Waals surface area contributed by atoms with Gasteiger partial charge in [-0.05, 0) is 48.8 Å². The van der Waals surface area contributed by atoms with Gasteiger partial charge in [0.15, 0.2) is 0 Å². The smallest absolute Gasteiger partial charge is 0.312 e. The summed E-state index contributed by atoms with van der Waals surface area (Å²) in [4.78, 5) is 61.4. The van der Waals surface area contributed by atoms with Gasteiger partial charge in [-0.15, -0.1) is 0 Å². The number of amides is 5. The van der Waals surface area contributed by atoms with E-state index in [1.165, 1.54) is 0 Å². The van der Waals surface area contributed by atoms with Crippen molar-refractivity contribution >= 4 is 35.4 Å². The van der Waals surface area contributed by atoms with Gasteiger partial charge in [0.2, 0.25) is 17.7 Å². The van der Waals surface area contributed by atoms with Crippen LogP contribution >= 0.6 is 0 Å².